The van der Waals surface area contributed by atoms with Crippen LogP contribution in [0.25, 0.3) is 0 Å². The van der Waals surface area contributed by atoms with Crippen molar-refractivity contribution in [2.75, 3.05) is 0 Å². The summed E-state index contributed by atoms with van der Waals surface area (Å²) in [6.45, 7) is 1.95. The first-order valence-electron chi connectivity index (χ1n) is 7.34. The minimum Gasteiger partial charge on any atom is -0.487 e. The summed E-state index contributed by atoms with van der Waals surface area (Å²) in [7, 11) is 0. The molecule has 0 aromatic heterocycles. The van der Waals surface area contributed by atoms with Gasteiger partial charge in [0.1, 0.15) is 11.9 Å². The molecule has 0 radical (unpaired) electrons. The summed E-state index contributed by atoms with van der Waals surface area (Å²) in [4.78, 5) is 0. The van der Waals surface area contributed by atoms with E-state index in [4.69, 9.17) is 4.74 Å². The van der Waals surface area contributed by atoms with Crippen LogP contribution in [0.5, 0.6) is 5.75 Å². The Labute approximate surface area is 115 Å². The van der Waals surface area contributed by atoms with Gasteiger partial charge >= 0.3 is 0 Å². The van der Waals surface area contributed by atoms with Crippen LogP contribution in [0.3, 0.4) is 0 Å². The fraction of sp³-hybridized carbons (Fsp3) is 0.625. The average Bonchev–Trinajstić information content (AvgIpc) is 2.64. The summed E-state index contributed by atoms with van der Waals surface area (Å²) in [6.07, 6.45) is 4.65. The van der Waals surface area contributed by atoms with E-state index in [1.54, 1.807) is 0 Å². The highest BCUT2D eigenvalue weighted by Crippen LogP contribution is 2.30. The molecule has 3 heteroatoms. The summed E-state index contributed by atoms with van der Waals surface area (Å²) in [5.74, 6) is 0.711. The Morgan fingerprint density at radius 3 is 2.74 bits per heavy atom. The van der Waals surface area contributed by atoms with Gasteiger partial charge in [-0.25, -0.2) is 0 Å². The third-order valence-electron chi connectivity index (χ3n) is 3.86. The molecule has 0 spiro atoms. The number of rotatable bonds is 4. The lowest BCUT2D eigenvalue weighted by atomic mass is 10.1. The first-order chi connectivity index (χ1) is 9.22. The first-order valence-corrected chi connectivity index (χ1v) is 7.34. The van der Waals surface area contributed by atoms with E-state index in [1.807, 2.05) is 31.2 Å². The van der Waals surface area contributed by atoms with E-state index in [0.29, 0.717) is 12.2 Å². The van der Waals surface area contributed by atoms with Crippen LogP contribution in [-0.4, -0.2) is 22.4 Å². The summed E-state index contributed by atoms with van der Waals surface area (Å²) < 4.78 is 5.99. The van der Waals surface area contributed by atoms with Gasteiger partial charge in [0.15, 0.2) is 0 Å². The molecule has 2 rings (SSSR count). The van der Waals surface area contributed by atoms with Crippen LogP contribution in [0.4, 0.5) is 0 Å². The van der Waals surface area contributed by atoms with Gasteiger partial charge in [0.2, 0.25) is 0 Å². The molecule has 1 saturated carbocycles. The zero-order valence-electron chi connectivity index (χ0n) is 11.6. The number of hydrogen-bond acceptors (Lipinski definition) is 3. The van der Waals surface area contributed by atoms with Crippen molar-refractivity contribution >= 4 is 0 Å². The van der Waals surface area contributed by atoms with Crippen LogP contribution in [0.15, 0.2) is 24.3 Å². The Morgan fingerprint density at radius 1 is 1.21 bits per heavy atom. The van der Waals surface area contributed by atoms with Gasteiger partial charge in [0, 0.05) is 5.56 Å². The molecule has 1 aliphatic carbocycles. The van der Waals surface area contributed by atoms with E-state index >= 15 is 0 Å². The van der Waals surface area contributed by atoms with E-state index in [-0.39, 0.29) is 6.10 Å². The molecular formula is C16H24O3. The molecule has 3 atom stereocenters. The van der Waals surface area contributed by atoms with Crippen molar-refractivity contribution < 1.29 is 14.9 Å². The second-order valence-electron chi connectivity index (χ2n) is 5.32. The van der Waals surface area contributed by atoms with Crippen molar-refractivity contribution in [3.63, 3.8) is 0 Å². The van der Waals surface area contributed by atoms with Gasteiger partial charge in [-0.1, -0.05) is 38.0 Å². The Morgan fingerprint density at radius 2 is 1.95 bits per heavy atom. The molecule has 0 saturated heterocycles. The molecule has 3 nitrogen and oxygen atoms in total. The quantitative estimate of drug-likeness (QED) is 0.821. The highest BCUT2D eigenvalue weighted by molar-refractivity contribution is 5.35. The highest BCUT2D eigenvalue weighted by atomic mass is 16.5. The molecule has 0 bridgehead atoms. The molecule has 0 amide bonds. The van der Waals surface area contributed by atoms with Crippen molar-refractivity contribution in [2.45, 2.75) is 63.8 Å². The standard InChI is InChI=1S/C16H24O3/c1-2-13(17)12-8-6-7-10-15(12)19-16-11-5-3-4-9-14(16)18/h6-8,10,13-14,16-18H,2-5,9,11H2,1H3/t13-,14?,16?/m1/s1. The Bertz CT molecular complexity index is 391. The normalized spacial score (nSPS) is 25.6. The first kappa shape index (κ1) is 14.4. The number of benzene rings is 1. The molecule has 0 heterocycles. The SMILES string of the molecule is CC[C@@H](O)c1ccccc1OC1CCCCCC1O. The Kier molecular flexibility index (Phi) is 5.23. The van der Waals surface area contributed by atoms with Crippen LogP contribution in [0.2, 0.25) is 0 Å². The molecule has 106 valence electrons. The van der Waals surface area contributed by atoms with E-state index in [9.17, 15) is 10.2 Å². The molecule has 2 N–H and O–H groups in total. The van der Waals surface area contributed by atoms with Gasteiger partial charge in [0.25, 0.3) is 0 Å². The van der Waals surface area contributed by atoms with E-state index in [2.05, 4.69) is 0 Å². The molecule has 1 aliphatic rings. The zero-order valence-corrected chi connectivity index (χ0v) is 11.6. The lowest BCUT2D eigenvalue weighted by Gasteiger charge is -2.24. The van der Waals surface area contributed by atoms with Crippen molar-refractivity contribution in [1.29, 1.82) is 0 Å². The summed E-state index contributed by atoms with van der Waals surface area (Å²) >= 11 is 0. The van der Waals surface area contributed by atoms with Crippen molar-refractivity contribution in [3.05, 3.63) is 29.8 Å². The van der Waals surface area contributed by atoms with Crippen LogP contribution < -0.4 is 4.74 Å². The highest BCUT2D eigenvalue weighted by Gasteiger charge is 2.24. The number of ether oxygens (including phenoxy) is 1. The fourth-order valence-corrected chi connectivity index (χ4v) is 2.64. The predicted molar refractivity (Wildman–Crippen MR) is 75.2 cm³/mol. The van der Waals surface area contributed by atoms with Gasteiger partial charge in [-0.2, -0.15) is 0 Å². The number of aliphatic hydroxyl groups excluding tert-OH is 2. The Balaban J connectivity index is 2.13. The third kappa shape index (κ3) is 3.71. The molecule has 19 heavy (non-hydrogen) atoms. The van der Waals surface area contributed by atoms with Crippen LogP contribution in [-0.2, 0) is 0 Å². The maximum absolute atomic E-state index is 10.1. The molecule has 1 fully saturated rings. The number of hydrogen-bond donors (Lipinski definition) is 2. The van der Waals surface area contributed by atoms with E-state index < -0.39 is 12.2 Å². The van der Waals surface area contributed by atoms with Gasteiger partial charge in [0.05, 0.1) is 12.2 Å². The third-order valence-corrected chi connectivity index (χ3v) is 3.86. The largest absolute Gasteiger partial charge is 0.487 e. The topological polar surface area (TPSA) is 49.7 Å². The Hall–Kier alpha value is -1.06. The summed E-state index contributed by atoms with van der Waals surface area (Å²) in [5.41, 5.74) is 0.821. The molecule has 0 aliphatic heterocycles. The second kappa shape index (κ2) is 6.92. The van der Waals surface area contributed by atoms with Gasteiger partial charge in [-0.3, -0.25) is 0 Å². The zero-order chi connectivity index (χ0) is 13.7. The van der Waals surface area contributed by atoms with E-state index in [1.165, 1.54) is 0 Å². The maximum atomic E-state index is 10.1. The number of para-hydroxylation sites is 1. The minimum atomic E-state index is -0.501. The van der Waals surface area contributed by atoms with Crippen molar-refractivity contribution in [1.82, 2.24) is 0 Å². The fourth-order valence-electron chi connectivity index (χ4n) is 2.64. The predicted octanol–water partition coefficient (Wildman–Crippen LogP) is 3.20. The summed E-state index contributed by atoms with van der Waals surface area (Å²) in [5, 5.41) is 20.1. The lowest BCUT2D eigenvalue weighted by Crippen LogP contribution is -2.30. The molecule has 1 aromatic rings. The van der Waals surface area contributed by atoms with Gasteiger partial charge in [-0.05, 0) is 31.7 Å². The lowest BCUT2D eigenvalue weighted by molar-refractivity contribution is 0.0296. The maximum Gasteiger partial charge on any atom is 0.125 e. The van der Waals surface area contributed by atoms with Gasteiger partial charge < -0.3 is 14.9 Å². The van der Waals surface area contributed by atoms with Crippen LogP contribution in [0, 0.1) is 0 Å². The molecular weight excluding hydrogens is 240 g/mol. The molecule has 1 aromatic carbocycles. The van der Waals surface area contributed by atoms with Crippen molar-refractivity contribution in [3.8, 4) is 5.75 Å². The second-order valence-corrected chi connectivity index (χ2v) is 5.32. The molecule has 2 unspecified atom stereocenters. The van der Waals surface area contributed by atoms with Crippen LogP contribution >= 0.6 is 0 Å². The summed E-state index contributed by atoms with van der Waals surface area (Å²) in [6, 6.07) is 7.59. The number of aliphatic hydroxyl groups is 2. The smallest absolute Gasteiger partial charge is 0.125 e. The minimum absolute atomic E-state index is 0.146. The van der Waals surface area contributed by atoms with Gasteiger partial charge in [-0.15, -0.1) is 0 Å². The monoisotopic (exact) mass is 264 g/mol. The van der Waals surface area contributed by atoms with Crippen LogP contribution in [0.1, 0.15) is 57.1 Å². The average molecular weight is 264 g/mol. The van der Waals surface area contributed by atoms with Crippen molar-refractivity contribution in [2.24, 2.45) is 0 Å². The van der Waals surface area contributed by atoms with E-state index in [0.717, 1.165) is 37.7 Å².